The molecule has 1 amide bonds. The highest BCUT2D eigenvalue weighted by molar-refractivity contribution is 5.93. The van der Waals surface area contributed by atoms with Crippen LogP contribution in [0.15, 0.2) is 42.7 Å². The second-order valence-electron chi connectivity index (χ2n) is 6.43. The van der Waals surface area contributed by atoms with Gasteiger partial charge in [0.1, 0.15) is 11.6 Å². The number of halogens is 2. The molecule has 1 aromatic carbocycles. The van der Waals surface area contributed by atoms with Crippen LogP contribution in [0.4, 0.5) is 8.78 Å². The van der Waals surface area contributed by atoms with Crippen molar-refractivity contribution >= 4 is 18.0 Å². The van der Waals surface area contributed by atoms with E-state index in [1.165, 1.54) is 22.8 Å². The molecule has 0 aliphatic carbocycles. The van der Waals surface area contributed by atoms with Crippen molar-refractivity contribution in [1.82, 2.24) is 19.5 Å². The third-order valence-electron chi connectivity index (χ3n) is 4.52. The molecule has 2 aromatic heterocycles. The minimum Gasteiger partial charge on any atom is -0.483 e. The number of carbonyl (C=O) groups excluding carboxylic acids is 1. The summed E-state index contributed by atoms with van der Waals surface area (Å²) in [6.07, 6.45) is 4.48. The van der Waals surface area contributed by atoms with Crippen LogP contribution < -0.4 is 0 Å². The summed E-state index contributed by atoms with van der Waals surface area (Å²) in [6, 6.07) is 7.12. The maximum Gasteiger partial charge on any atom is 0.290 e. The Labute approximate surface area is 159 Å². The molecule has 0 saturated carbocycles. The summed E-state index contributed by atoms with van der Waals surface area (Å²) in [6.45, 7) is 0.915. The van der Waals surface area contributed by atoms with Gasteiger partial charge in [-0.3, -0.25) is 9.59 Å². The molecular weight excluding hydrogens is 370 g/mol. The number of benzene rings is 1. The quantitative estimate of drug-likeness (QED) is 0.697. The number of likely N-dealkylation sites (tertiary alicyclic amines) is 1. The van der Waals surface area contributed by atoms with Gasteiger partial charge in [-0.15, -0.1) is 0 Å². The predicted octanol–water partition coefficient (Wildman–Crippen LogP) is 2.41. The highest BCUT2D eigenvalue weighted by atomic mass is 19.1. The number of hydrogen-bond donors (Lipinski definition) is 1. The van der Waals surface area contributed by atoms with Gasteiger partial charge >= 0.3 is 0 Å². The molecule has 1 atom stereocenters. The van der Waals surface area contributed by atoms with Gasteiger partial charge in [0.25, 0.3) is 12.4 Å². The molecule has 28 heavy (non-hydrogen) atoms. The average molecular weight is 388 g/mol. The number of fused-ring (bicyclic) bond motifs is 1. The number of hydrogen-bond acceptors (Lipinski definition) is 4. The van der Waals surface area contributed by atoms with Gasteiger partial charge in [-0.25, -0.2) is 18.3 Å². The second kappa shape index (κ2) is 8.55. The summed E-state index contributed by atoms with van der Waals surface area (Å²) in [5.74, 6) is -1.09. The first-order chi connectivity index (χ1) is 13.5. The molecule has 7 nitrogen and oxygen atoms in total. The number of carboxylic acid groups (broad SMARTS) is 1. The summed E-state index contributed by atoms with van der Waals surface area (Å²) in [7, 11) is 0. The van der Waals surface area contributed by atoms with Crippen LogP contribution in [-0.4, -0.2) is 50.1 Å². The summed E-state index contributed by atoms with van der Waals surface area (Å²) in [4.78, 5) is 27.0. The first-order valence-electron chi connectivity index (χ1n) is 8.62. The molecule has 0 radical (unpaired) electrons. The molecule has 1 fully saturated rings. The molecule has 0 spiro atoms. The minimum atomic E-state index is -0.572. The van der Waals surface area contributed by atoms with Crippen LogP contribution in [0.5, 0.6) is 0 Å². The second-order valence-corrected chi connectivity index (χ2v) is 6.43. The molecule has 3 heterocycles. The maximum absolute atomic E-state index is 13.3. The normalized spacial score (nSPS) is 15.9. The van der Waals surface area contributed by atoms with Crippen molar-refractivity contribution in [2.45, 2.75) is 12.8 Å². The van der Waals surface area contributed by atoms with Crippen LogP contribution in [0.3, 0.4) is 0 Å². The van der Waals surface area contributed by atoms with E-state index >= 15 is 0 Å². The van der Waals surface area contributed by atoms with Gasteiger partial charge in [-0.05, 0) is 48.6 Å². The fraction of sp³-hybridized carbons (Fsp3) is 0.263. The van der Waals surface area contributed by atoms with Gasteiger partial charge in [-0.1, -0.05) is 0 Å². The third kappa shape index (κ3) is 4.30. The van der Waals surface area contributed by atoms with E-state index < -0.39 is 11.6 Å². The van der Waals surface area contributed by atoms with E-state index in [4.69, 9.17) is 9.90 Å². The topological polar surface area (TPSA) is 87.8 Å². The molecule has 1 unspecified atom stereocenters. The third-order valence-corrected chi connectivity index (χ3v) is 4.52. The fourth-order valence-corrected chi connectivity index (χ4v) is 3.38. The first kappa shape index (κ1) is 19.4. The first-order valence-corrected chi connectivity index (χ1v) is 8.62. The Balaban J connectivity index is 0.000000706. The van der Waals surface area contributed by atoms with Gasteiger partial charge in [0.2, 0.25) is 0 Å². The van der Waals surface area contributed by atoms with Crippen LogP contribution in [0.2, 0.25) is 0 Å². The van der Waals surface area contributed by atoms with E-state index in [0.29, 0.717) is 36.4 Å². The number of carbonyl (C=O) groups is 2. The van der Waals surface area contributed by atoms with Crippen LogP contribution in [0, 0.1) is 17.6 Å². The lowest BCUT2D eigenvalue weighted by Gasteiger charge is -2.16. The van der Waals surface area contributed by atoms with E-state index in [-0.39, 0.29) is 18.3 Å². The van der Waals surface area contributed by atoms with Crippen LogP contribution >= 0.6 is 0 Å². The Bertz CT molecular complexity index is 972. The van der Waals surface area contributed by atoms with Gasteiger partial charge in [0.15, 0.2) is 11.3 Å². The van der Waals surface area contributed by atoms with E-state index in [1.54, 1.807) is 23.2 Å². The molecule has 0 bridgehead atoms. The van der Waals surface area contributed by atoms with Gasteiger partial charge in [0, 0.05) is 25.4 Å². The molecule has 146 valence electrons. The molecule has 1 saturated heterocycles. The fourth-order valence-electron chi connectivity index (χ4n) is 3.38. The highest BCUT2D eigenvalue weighted by Crippen LogP contribution is 2.23. The van der Waals surface area contributed by atoms with E-state index in [2.05, 4.69) is 10.1 Å². The largest absolute Gasteiger partial charge is 0.483 e. The summed E-state index contributed by atoms with van der Waals surface area (Å²) in [5.41, 5.74) is 1.66. The van der Waals surface area contributed by atoms with Crippen molar-refractivity contribution in [3.8, 4) is 0 Å². The SMILES string of the molecule is O=C(c1cnc2cccnn12)N1CCC(Cc2cc(F)cc(F)c2)C1.O=CO. The van der Waals surface area contributed by atoms with Crippen molar-refractivity contribution in [1.29, 1.82) is 0 Å². The maximum atomic E-state index is 13.3. The Morgan fingerprint density at radius 2 is 2.00 bits per heavy atom. The Hall–Kier alpha value is -3.36. The van der Waals surface area contributed by atoms with Gasteiger partial charge in [0.05, 0.1) is 6.20 Å². The predicted molar refractivity (Wildman–Crippen MR) is 95.8 cm³/mol. The Morgan fingerprint density at radius 1 is 1.29 bits per heavy atom. The van der Waals surface area contributed by atoms with E-state index in [9.17, 15) is 13.6 Å². The zero-order valence-electron chi connectivity index (χ0n) is 14.8. The molecule has 1 aliphatic rings. The van der Waals surface area contributed by atoms with E-state index in [1.807, 2.05) is 0 Å². The lowest BCUT2D eigenvalue weighted by Crippen LogP contribution is -2.30. The molecule has 4 rings (SSSR count). The van der Waals surface area contributed by atoms with Gasteiger partial charge < -0.3 is 10.0 Å². The summed E-state index contributed by atoms with van der Waals surface area (Å²) >= 11 is 0. The number of rotatable bonds is 3. The number of imidazole rings is 1. The molecule has 1 aliphatic heterocycles. The van der Waals surface area contributed by atoms with Crippen LogP contribution in [0.25, 0.3) is 5.65 Å². The minimum absolute atomic E-state index is 0.126. The summed E-state index contributed by atoms with van der Waals surface area (Å²) < 4.78 is 28.2. The molecule has 9 heteroatoms. The lowest BCUT2D eigenvalue weighted by molar-refractivity contribution is -0.122. The molecular formula is C19H18F2N4O3. The van der Waals surface area contributed by atoms with Crippen molar-refractivity contribution in [3.63, 3.8) is 0 Å². The standard InChI is InChI=1S/C18H16F2N4O.CH2O2/c19-14-7-13(8-15(20)9-14)6-12-3-5-23(11-12)18(25)16-10-21-17-2-1-4-22-24(16)17;2-1-3/h1-2,4,7-10,12H,3,5-6,11H2;1H,(H,2,3). The van der Waals surface area contributed by atoms with Crippen molar-refractivity contribution < 1.29 is 23.5 Å². The molecule has 3 aromatic rings. The zero-order valence-corrected chi connectivity index (χ0v) is 14.8. The van der Waals surface area contributed by atoms with Crippen LogP contribution in [0.1, 0.15) is 22.5 Å². The highest BCUT2D eigenvalue weighted by Gasteiger charge is 2.29. The average Bonchev–Trinajstić information content (AvgIpc) is 3.28. The van der Waals surface area contributed by atoms with Crippen molar-refractivity contribution in [3.05, 3.63) is 65.6 Å². The van der Waals surface area contributed by atoms with Crippen molar-refractivity contribution in [2.24, 2.45) is 5.92 Å². The van der Waals surface area contributed by atoms with Crippen LogP contribution in [-0.2, 0) is 11.2 Å². The van der Waals surface area contributed by atoms with Crippen molar-refractivity contribution in [2.75, 3.05) is 13.1 Å². The lowest BCUT2D eigenvalue weighted by atomic mass is 9.98. The van der Waals surface area contributed by atoms with E-state index in [0.717, 1.165) is 12.5 Å². The number of nitrogens with zero attached hydrogens (tertiary/aromatic N) is 4. The monoisotopic (exact) mass is 388 g/mol. The summed E-state index contributed by atoms with van der Waals surface area (Å²) in [5, 5.41) is 11.1. The molecule has 1 N–H and O–H groups in total. The number of amides is 1. The Kier molecular flexibility index (Phi) is 5.93. The Morgan fingerprint density at radius 3 is 2.71 bits per heavy atom. The smallest absolute Gasteiger partial charge is 0.290 e. The van der Waals surface area contributed by atoms with Gasteiger partial charge in [-0.2, -0.15) is 5.10 Å². The number of aromatic nitrogens is 3. The zero-order chi connectivity index (χ0) is 20.1.